The van der Waals surface area contributed by atoms with Gasteiger partial charge in [-0.05, 0) is 31.5 Å². The van der Waals surface area contributed by atoms with E-state index >= 15 is 0 Å². The average molecular weight is 297 g/mol. The predicted molar refractivity (Wildman–Crippen MR) is 75.2 cm³/mol. The second kappa shape index (κ2) is 6.83. The Bertz CT molecular complexity index is 537. The molecule has 1 aliphatic rings. The normalized spacial score (nSPS) is 20.1. The molecule has 1 saturated heterocycles. The lowest BCUT2D eigenvalue weighted by Gasteiger charge is -2.16. The first-order valence-electron chi connectivity index (χ1n) is 6.70. The maximum Gasteiger partial charge on any atom is 0.257 e. The Morgan fingerprint density at radius 2 is 1.90 bits per heavy atom. The van der Waals surface area contributed by atoms with Gasteiger partial charge in [-0.2, -0.15) is 0 Å². The third-order valence-corrected chi connectivity index (χ3v) is 4.50. The summed E-state index contributed by atoms with van der Waals surface area (Å²) >= 11 is 0. The fourth-order valence-corrected chi connectivity index (χ4v) is 2.98. The molecule has 110 valence electrons. The minimum atomic E-state index is -3.71. The van der Waals surface area contributed by atoms with Gasteiger partial charge in [0.15, 0.2) is 0 Å². The Morgan fingerprint density at radius 1 is 1.15 bits per heavy atom. The van der Waals surface area contributed by atoms with Crippen LogP contribution in [0.25, 0.3) is 0 Å². The Labute approximate surface area is 119 Å². The van der Waals surface area contributed by atoms with Gasteiger partial charge in [-0.1, -0.05) is 31.0 Å². The number of nitrogens with one attached hydrogen (secondary N) is 3. The summed E-state index contributed by atoms with van der Waals surface area (Å²) in [4.78, 5) is 14.2. The van der Waals surface area contributed by atoms with E-state index in [4.69, 9.17) is 0 Å². The molecule has 6 nitrogen and oxygen atoms in total. The van der Waals surface area contributed by atoms with Crippen molar-refractivity contribution >= 4 is 15.9 Å². The van der Waals surface area contributed by atoms with E-state index in [-0.39, 0.29) is 16.8 Å². The topological polar surface area (TPSA) is 87.3 Å². The number of sulfonamides is 1. The van der Waals surface area contributed by atoms with E-state index in [0.717, 1.165) is 32.2 Å². The number of benzene rings is 1. The van der Waals surface area contributed by atoms with E-state index in [2.05, 4.69) is 15.6 Å². The van der Waals surface area contributed by atoms with Crippen molar-refractivity contribution in [2.45, 2.75) is 36.6 Å². The zero-order chi connectivity index (χ0) is 14.4. The van der Waals surface area contributed by atoms with Crippen LogP contribution in [0.15, 0.2) is 35.2 Å². The van der Waals surface area contributed by atoms with Crippen LogP contribution < -0.4 is 15.6 Å². The van der Waals surface area contributed by atoms with Gasteiger partial charge in [0.05, 0.1) is 10.9 Å². The van der Waals surface area contributed by atoms with Gasteiger partial charge in [-0.3, -0.25) is 10.2 Å². The molecule has 2 rings (SSSR count). The molecule has 1 amide bonds. The molecule has 1 aromatic rings. The first kappa shape index (κ1) is 15.0. The van der Waals surface area contributed by atoms with Crippen molar-refractivity contribution < 1.29 is 13.2 Å². The summed E-state index contributed by atoms with van der Waals surface area (Å²) in [6.07, 6.45) is 3.82. The molecule has 0 saturated carbocycles. The quantitative estimate of drug-likeness (QED) is 0.707. The number of hydrogen-bond acceptors (Lipinski definition) is 4. The molecule has 0 bridgehead atoms. The molecule has 20 heavy (non-hydrogen) atoms. The molecule has 7 heteroatoms. The van der Waals surface area contributed by atoms with Crippen molar-refractivity contribution in [1.82, 2.24) is 15.6 Å². The summed E-state index contributed by atoms with van der Waals surface area (Å²) in [7, 11) is -3.71. The van der Waals surface area contributed by atoms with Crippen LogP contribution in [-0.4, -0.2) is 26.9 Å². The molecule has 1 heterocycles. The molecule has 0 unspecified atom stereocenters. The highest BCUT2D eigenvalue weighted by molar-refractivity contribution is 7.89. The van der Waals surface area contributed by atoms with Crippen molar-refractivity contribution in [2.75, 3.05) is 6.54 Å². The first-order chi connectivity index (χ1) is 9.59. The summed E-state index contributed by atoms with van der Waals surface area (Å²) in [6, 6.07) is 7.59. The second-order valence-corrected chi connectivity index (χ2v) is 6.45. The highest BCUT2D eigenvalue weighted by Gasteiger charge is 2.21. The summed E-state index contributed by atoms with van der Waals surface area (Å²) in [5.41, 5.74) is 2.28. The number of carbonyl (C=O) groups is 1. The van der Waals surface area contributed by atoms with E-state index in [9.17, 15) is 13.2 Å². The van der Waals surface area contributed by atoms with Gasteiger partial charge in [0, 0.05) is 0 Å². The molecule has 1 aliphatic heterocycles. The van der Waals surface area contributed by atoms with E-state index in [1.807, 2.05) is 0 Å². The Kier molecular flexibility index (Phi) is 5.11. The fraction of sp³-hybridized carbons (Fsp3) is 0.462. The van der Waals surface area contributed by atoms with Crippen molar-refractivity contribution in [3.05, 3.63) is 30.3 Å². The monoisotopic (exact) mass is 297 g/mol. The zero-order valence-electron chi connectivity index (χ0n) is 11.1. The number of rotatable bonds is 4. The Morgan fingerprint density at radius 3 is 2.65 bits per heavy atom. The molecular formula is C13H19N3O3S. The van der Waals surface area contributed by atoms with Crippen LogP contribution in [0.4, 0.5) is 0 Å². The zero-order valence-corrected chi connectivity index (χ0v) is 11.9. The highest BCUT2D eigenvalue weighted by Crippen LogP contribution is 2.09. The number of hydrazine groups is 1. The van der Waals surface area contributed by atoms with E-state index < -0.39 is 10.0 Å². The van der Waals surface area contributed by atoms with Gasteiger partial charge < -0.3 is 5.32 Å². The molecule has 1 atom stereocenters. The van der Waals surface area contributed by atoms with Crippen LogP contribution in [0.1, 0.15) is 25.7 Å². The average Bonchev–Trinajstić information content (AvgIpc) is 2.75. The van der Waals surface area contributed by atoms with Crippen molar-refractivity contribution in [2.24, 2.45) is 0 Å². The van der Waals surface area contributed by atoms with Crippen molar-refractivity contribution in [1.29, 1.82) is 0 Å². The lowest BCUT2D eigenvalue weighted by atomic mass is 10.1. The maximum atomic E-state index is 11.9. The standard InChI is InChI=1S/C13H19N3O3S/c17-13(12-9-5-2-6-10-14-12)15-16-20(18,19)11-7-3-1-4-8-11/h1,3-4,7-8,12,14,16H,2,5-6,9-10H2,(H,15,17)/t12-/m0/s1. The lowest BCUT2D eigenvalue weighted by Crippen LogP contribution is -2.50. The smallest absolute Gasteiger partial charge is 0.257 e. The molecule has 0 spiro atoms. The molecule has 0 radical (unpaired) electrons. The van der Waals surface area contributed by atoms with Crippen LogP contribution >= 0.6 is 0 Å². The van der Waals surface area contributed by atoms with E-state index in [0.29, 0.717) is 0 Å². The lowest BCUT2D eigenvalue weighted by molar-refractivity contribution is -0.123. The van der Waals surface area contributed by atoms with Crippen molar-refractivity contribution in [3.63, 3.8) is 0 Å². The first-order valence-corrected chi connectivity index (χ1v) is 8.18. The molecular weight excluding hydrogens is 278 g/mol. The largest absolute Gasteiger partial charge is 0.306 e. The van der Waals surface area contributed by atoms with Gasteiger partial charge >= 0.3 is 0 Å². The maximum absolute atomic E-state index is 11.9. The molecule has 0 aromatic heterocycles. The molecule has 0 aliphatic carbocycles. The van der Waals surface area contributed by atoms with E-state index in [1.54, 1.807) is 18.2 Å². The predicted octanol–water partition coefficient (Wildman–Crippen LogP) is 0.528. The molecule has 1 fully saturated rings. The summed E-state index contributed by atoms with van der Waals surface area (Å²) < 4.78 is 23.9. The Hall–Kier alpha value is -1.44. The van der Waals surface area contributed by atoms with Gasteiger partial charge in [-0.25, -0.2) is 8.42 Å². The summed E-state index contributed by atoms with van der Waals surface area (Å²) in [5.74, 6) is -0.341. The third-order valence-electron chi connectivity index (χ3n) is 3.24. The van der Waals surface area contributed by atoms with Crippen LogP contribution in [0.2, 0.25) is 0 Å². The summed E-state index contributed by atoms with van der Waals surface area (Å²) in [6.45, 7) is 0.781. The molecule has 1 aromatic carbocycles. The minimum Gasteiger partial charge on any atom is -0.306 e. The fourth-order valence-electron chi connectivity index (χ4n) is 2.12. The van der Waals surface area contributed by atoms with Gasteiger partial charge in [0.25, 0.3) is 15.9 Å². The third kappa shape index (κ3) is 4.03. The summed E-state index contributed by atoms with van der Waals surface area (Å²) in [5, 5.41) is 3.11. The Balaban J connectivity index is 1.92. The van der Waals surface area contributed by atoms with Gasteiger partial charge in [0.2, 0.25) is 0 Å². The SMILES string of the molecule is O=C(NNS(=O)(=O)c1ccccc1)[C@@H]1CCCCCN1. The van der Waals surface area contributed by atoms with Crippen molar-refractivity contribution in [3.8, 4) is 0 Å². The molecule has 3 N–H and O–H groups in total. The number of amides is 1. The second-order valence-electron chi connectivity index (χ2n) is 4.76. The van der Waals surface area contributed by atoms with Crippen LogP contribution in [0, 0.1) is 0 Å². The minimum absolute atomic E-state index is 0.120. The van der Waals surface area contributed by atoms with Crippen LogP contribution in [-0.2, 0) is 14.8 Å². The van der Waals surface area contributed by atoms with Crippen LogP contribution in [0.5, 0.6) is 0 Å². The van der Waals surface area contributed by atoms with Gasteiger partial charge in [-0.15, -0.1) is 4.83 Å². The highest BCUT2D eigenvalue weighted by atomic mass is 32.2. The van der Waals surface area contributed by atoms with Gasteiger partial charge in [0.1, 0.15) is 0 Å². The number of hydrogen-bond donors (Lipinski definition) is 3. The number of carbonyl (C=O) groups excluding carboxylic acids is 1. The van der Waals surface area contributed by atoms with E-state index in [1.165, 1.54) is 12.1 Å². The van der Waals surface area contributed by atoms with Crippen LogP contribution in [0.3, 0.4) is 0 Å².